The maximum absolute atomic E-state index is 15.1. The average Bonchev–Trinajstić information content (AvgIpc) is 3.36. The van der Waals surface area contributed by atoms with E-state index in [1.807, 2.05) is 0 Å². The van der Waals surface area contributed by atoms with Gasteiger partial charge in [0.25, 0.3) is 10.0 Å². The molecule has 0 saturated carbocycles. The first-order valence-corrected chi connectivity index (χ1v) is 13.0. The Balaban J connectivity index is 1.99. The lowest BCUT2D eigenvalue weighted by Crippen LogP contribution is -2.31. The summed E-state index contributed by atoms with van der Waals surface area (Å²) in [6.45, 7) is 4.06. The van der Waals surface area contributed by atoms with Crippen LogP contribution in [0.1, 0.15) is 18.4 Å². The third-order valence-electron chi connectivity index (χ3n) is 4.93. The molecule has 1 aromatic heterocycles. The van der Waals surface area contributed by atoms with Crippen LogP contribution in [0.5, 0.6) is 11.5 Å². The lowest BCUT2D eigenvalue weighted by atomic mass is 10.2. The highest BCUT2D eigenvalue weighted by molar-refractivity contribution is 7.93. The zero-order valence-electron chi connectivity index (χ0n) is 18.8. The summed E-state index contributed by atoms with van der Waals surface area (Å²) in [5, 5.41) is 4.94. The van der Waals surface area contributed by atoms with Gasteiger partial charge in [-0.3, -0.25) is 0 Å². The zero-order valence-corrected chi connectivity index (χ0v) is 21.1. The molecule has 0 atom stereocenters. The van der Waals surface area contributed by atoms with E-state index in [1.54, 1.807) is 29.7 Å². The van der Waals surface area contributed by atoms with Crippen molar-refractivity contribution >= 4 is 43.8 Å². The minimum Gasteiger partial charge on any atom is -0.497 e. The van der Waals surface area contributed by atoms with Gasteiger partial charge in [0.05, 0.1) is 31.5 Å². The molecule has 0 aliphatic carbocycles. The fourth-order valence-electron chi connectivity index (χ4n) is 3.18. The highest BCUT2D eigenvalue weighted by Gasteiger charge is 2.31. The molecule has 0 amide bonds. The highest BCUT2D eigenvalue weighted by Crippen LogP contribution is 2.35. The molecule has 11 heteroatoms. The van der Waals surface area contributed by atoms with Crippen molar-refractivity contribution in [2.45, 2.75) is 24.3 Å². The van der Waals surface area contributed by atoms with Crippen LogP contribution in [-0.2, 0) is 16.6 Å². The molecule has 182 valence electrons. The van der Waals surface area contributed by atoms with Crippen LogP contribution in [0, 0.1) is 5.82 Å². The Morgan fingerprint density at radius 2 is 2.06 bits per heavy atom. The summed E-state index contributed by atoms with van der Waals surface area (Å²) in [7, 11) is -1.38. The number of nitrogens with zero attached hydrogens (tertiary/aromatic N) is 2. The predicted octanol–water partition coefficient (Wildman–Crippen LogP) is 5.73. The minimum absolute atomic E-state index is 0.0969. The molecule has 0 saturated heterocycles. The number of hydrogen-bond donors (Lipinski definition) is 1. The van der Waals surface area contributed by atoms with E-state index in [-0.39, 0.29) is 16.7 Å². The van der Waals surface area contributed by atoms with Gasteiger partial charge < -0.3 is 14.8 Å². The number of rotatable bonds is 12. The largest absolute Gasteiger partial charge is 0.497 e. The minimum atomic E-state index is -4.37. The molecule has 0 unspecified atom stereocenters. The molecule has 0 radical (unpaired) electrons. The monoisotopic (exact) mass is 525 g/mol. The Bertz CT molecular complexity index is 1240. The quantitative estimate of drug-likeness (QED) is 0.240. The van der Waals surface area contributed by atoms with Crippen LogP contribution < -0.4 is 19.1 Å². The van der Waals surface area contributed by atoms with Gasteiger partial charge in [-0.2, -0.15) is 0 Å². The number of benzene rings is 2. The number of aromatic nitrogens is 1. The summed E-state index contributed by atoms with van der Waals surface area (Å²) in [5.74, 6) is 0.0609. The van der Waals surface area contributed by atoms with Gasteiger partial charge in [0.15, 0.2) is 5.13 Å². The second-order valence-electron chi connectivity index (χ2n) is 7.12. The van der Waals surface area contributed by atoms with Gasteiger partial charge in [0.2, 0.25) is 0 Å². The van der Waals surface area contributed by atoms with Gasteiger partial charge >= 0.3 is 0 Å². The van der Waals surface area contributed by atoms with Crippen molar-refractivity contribution in [2.75, 3.05) is 30.4 Å². The Hall–Kier alpha value is -2.82. The number of sulfonamides is 1. The number of thiazole rings is 1. The van der Waals surface area contributed by atoms with Crippen LogP contribution in [0.4, 0.5) is 15.2 Å². The van der Waals surface area contributed by atoms with Gasteiger partial charge in [-0.05, 0) is 37.1 Å². The average molecular weight is 526 g/mol. The number of anilines is 2. The summed E-state index contributed by atoms with van der Waals surface area (Å²) in [4.78, 5) is 3.60. The Labute approximate surface area is 207 Å². The van der Waals surface area contributed by atoms with Gasteiger partial charge in [0, 0.05) is 29.8 Å². The van der Waals surface area contributed by atoms with Crippen LogP contribution >= 0.6 is 22.9 Å². The molecule has 3 aromatic rings. The molecule has 0 spiro atoms. The first-order valence-electron chi connectivity index (χ1n) is 10.3. The van der Waals surface area contributed by atoms with E-state index in [0.29, 0.717) is 29.3 Å². The highest BCUT2D eigenvalue weighted by atomic mass is 35.5. The first-order chi connectivity index (χ1) is 16.3. The molecule has 3 rings (SSSR count). The molecule has 0 bridgehead atoms. The Morgan fingerprint density at radius 1 is 1.26 bits per heavy atom. The van der Waals surface area contributed by atoms with E-state index >= 15 is 4.39 Å². The van der Waals surface area contributed by atoms with Crippen molar-refractivity contribution in [3.8, 4) is 11.5 Å². The molecular formula is C23H25ClFN3O4S2. The van der Waals surface area contributed by atoms with Crippen LogP contribution in [0.3, 0.4) is 0 Å². The molecule has 2 aromatic carbocycles. The normalized spacial score (nSPS) is 11.2. The topological polar surface area (TPSA) is 80.8 Å². The van der Waals surface area contributed by atoms with E-state index in [0.717, 1.165) is 40.6 Å². The SMILES string of the molecule is C=CCCCNc1cc(F)c(S(=O)(=O)N(Cc2ccc(OC)cc2OC)c2nccs2)cc1Cl. The molecular weight excluding hydrogens is 501 g/mol. The molecule has 34 heavy (non-hydrogen) atoms. The Kier molecular flexibility index (Phi) is 8.76. The molecule has 0 fully saturated rings. The first kappa shape index (κ1) is 25.8. The van der Waals surface area contributed by atoms with E-state index < -0.39 is 20.7 Å². The van der Waals surface area contributed by atoms with E-state index in [9.17, 15) is 8.42 Å². The fourth-order valence-corrected chi connectivity index (χ4v) is 5.82. The fraction of sp³-hybridized carbons (Fsp3) is 0.261. The van der Waals surface area contributed by atoms with Gasteiger partial charge in [-0.15, -0.1) is 17.9 Å². The number of halogens is 2. The maximum atomic E-state index is 15.1. The van der Waals surface area contributed by atoms with E-state index in [4.69, 9.17) is 21.1 Å². The van der Waals surface area contributed by atoms with Crippen LogP contribution in [0.15, 0.2) is 59.5 Å². The number of methoxy groups -OCH3 is 2. The third kappa shape index (κ3) is 5.81. The predicted molar refractivity (Wildman–Crippen MR) is 134 cm³/mol. The number of ether oxygens (including phenoxy) is 2. The van der Waals surface area contributed by atoms with Crippen molar-refractivity contribution < 1.29 is 22.3 Å². The van der Waals surface area contributed by atoms with Crippen molar-refractivity contribution in [3.05, 3.63) is 71.0 Å². The van der Waals surface area contributed by atoms with Crippen molar-refractivity contribution in [1.82, 2.24) is 4.98 Å². The number of unbranched alkanes of at least 4 members (excludes halogenated alkanes) is 1. The second-order valence-corrected chi connectivity index (χ2v) is 10.2. The lowest BCUT2D eigenvalue weighted by Gasteiger charge is -2.23. The third-order valence-corrected chi connectivity index (χ3v) is 7.90. The van der Waals surface area contributed by atoms with E-state index in [2.05, 4.69) is 16.9 Å². The van der Waals surface area contributed by atoms with Crippen molar-refractivity contribution in [2.24, 2.45) is 0 Å². The van der Waals surface area contributed by atoms with Crippen LogP contribution in [-0.4, -0.2) is 34.2 Å². The maximum Gasteiger partial charge on any atom is 0.269 e. The van der Waals surface area contributed by atoms with Crippen LogP contribution in [0.25, 0.3) is 0 Å². The summed E-state index contributed by atoms with van der Waals surface area (Å²) in [6.07, 6.45) is 4.83. The summed E-state index contributed by atoms with van der Waals surface area (Å²) in [5.41, 5.74) is 0.869. The molecule has 1 N–H and O–H groups in total. The summed E-state index contributed by atoms with van der Waals surface area (Å²) < 4.78 is 54.0. The summed E-state index contributed by atoms with van der Waals surface area (Å²) >= 11 is 7.43. The smallest absolute Gasteiger partial charge is 0.269 e. The number of allylic oxidation sites excluding steroid dienone is 1. The summed E-state index contributed by atoms with van der Waals surface area (Å²) in [6, 6.07) is 7.24. The van der Waals surface area contributed by atoms with Crippen molar-refractivity contribution in [3.63, 3.8) is 0 Å². The van der Waals surface area contributed by atoms with Crippen molar-refractivity contribution in [1.29, 1.82) is 0 Å². The second kappa shape index (κ2) is 11.5. The van der Waals surface area contributed by atoms with E-state index in [1.165, 1.54) is 20.4 Å². The lowest BCUT2D eigenvalue weighted by molar-refractivity contribution is 0.391. The van der Waals surface area contributed by atoms with Gasteiger partial charge in [0.1, 0.15) is 22.2 Å². The Morgan fingerprint density at radius 3 is 2.71 bits per heavy atom. The van der Waals surface area contributed by atoms with Gasteiger partial charge in [-0.25, -0.2) is 22.1 Å². The molecule has 7 nitrogen and oxygen atoms in total. The van der Waals surface area contributed by atoms with Gasteiger partial charge in [-0.1, -0.05) is 17.7 Å². The molecule has 0 aliphatic heterocycles. The number of hydrogen-bond acceptors (Lipinski definition) is 7. The molecule has 1 heterocycles. The number of nitrogens with one attached hydrogen (secondary N) is 1. The van der Waals surface area contributed by atoms with Crippen LogP contribution in [0.2, 0.25) is 5.02 Å². The zero-order chi connectivity index (χ0) is 24.7. The standard InChI is InChI=1S/C23H25ClFN3O4S2/c1-4-5-6-9-26-20-14-19(25)22(13-18(20)24)34(29,30)28(23-27-10-11-33-23)15-16-7-8-17(31-2)12-21(16)32-3/h4,7-8,10-14,26H,1,5-6,9,15H2,2-3H3. The molecule has 0 aliphatic rings.